The number of hydrogen-bond acceptors (Lipinski definition) is 4. The Morgan fingerprint density at radius 1 is 1.25 bits per heavy atom. The van der Waals surface area contributed by atoms with Crippen molar-refractivity contribution in [2.45, 2.75) is 33.2 Å². The average molecular weight is 329 g/mol. The Bertz CT molecular complexity index is 723. The first kappa shape index (κ1) is 17.7. The van der Waals surface area contributed by atoms with Crippen LogP contribution in [0.25, 0.3) is 11.3 Å². The van der Waals surface area contributed by atoms with Crippen molar-refractivity contribution in [2.24, 2.45) is 0 Å². The largest absolute Gasteiger partial charge is 0.494 e. The fourth-order valence-electron chi connectivity index (χ4n) is 2.27. The van der Waals surface area contributed by atoms with Gasteiger partial charge in [0.1, 0.15) is 5.75 Å². The lowest BCUT2D eigenvalue weighted by atomic mass is 10.1. The van der Waals surface area contributed by atoms with Crippen LogP contribution in [0.4, 0.5) is 0 Å². The van der Waals surface area contributed by atoms with E-state index in [1.165, 1.54) is 17.0 Å². The summed E-state index contributed by atoms with van der Waals surface area (Å²) in [5, 5.41) is 2.78. The van der Waals surface area contributed by atoms with E-state index in [1.54, 1.807) is 0 Å². The smallest absolute Gasteiger partial charge is 0.253 e. The molecule has 2 rings (SSSR count). The monoisotopic (exact) mass is 329 g/mol. The third-order valence-electron chi connectivity index (χ3n) is 3.49. The topological polar surface area (TPSA) is 73.2 Å². The maximum Gasteiger partial charge on any atom is 0.253 e. The Labute approximate surface area is 141 Å². The van der Waals surface area contributed by atoms with E-state index in [9.17, 15) is 9.59 Å². The van der Waals surface area contributed by atoms with Crippen LogP contribution in [0.1, 0.15) is 26.7 Å². The van der Waals surface area contributed by atoms with Gasteiger partial charge in [-0.15, -0.1) is 0 Å². The number of amides is 1. The highest BCUT2D eigenvalue weighted by Crippen LogP contribution is 2.19. The van der Waals surface area contributed by atoms with E-state index in [4.69, 9.17) is 4.74 Å². The second-order valence-electron chi connectivity index (χ2n) is 5.36. The molecule has 0 aliphatic carbocycles. The van der Waals surface area contributed by atoms with Crippen LogP contribution < -0.4 is 15.6 Å². The van der Waals surface area contributed by atoms with Crippen molar-refractivity contribution >= 4 is 5.91 Å². The summed E-state index contributed by atoms with van der Waals surface area (Å²) in [6.07, 6.45) is 2.83. The van der Waals surface area contributed by atoms with E-state index in [1.807, 2.05) is 38.1 Å². The van der Waals surface area contributed by atoms with E-state index in [0.29, 0.717) is 31.8 Å². The lowest BCUT2D eigenvalue weighted by Crippen LogP contribution is -2.30. The van der Waals surface area contributed by atoms with Crippen molar-refractivity contribution in [3.05, 3.63) is 47.0 Å². The number of ether oxygens (including phenoxy) is 1. The fourth-order valence-corrected chi connectivity index (χ4v) is 2.27. The van der Waals surface area contributed by atoms with Crippen LogP contribution in [-0.4, -0.2) is 28.6 Å². The molecular weight excluding hydrogens is 306 g/mol. The molecule has 0 spiro atoms. The zero-order valence-corrected chi connectivity index (χ0v) is 14.1. The van der Waals surface area contributed by atoms with Crippen molar-refractivity contribution in [1.82, 2.24) is 14.9 Å². The number of aromatic nitrogens is 2. The van der Waals surface area contributed by atoms with Crippen LogP contribution in [0.3, 0.4) is 0 Å². The third kappa shape index (κ3) is 4.94. The predicted octanol–water partition coefficient (Wildman–Crippen LogP) is 2.23. The number of hydrogen-bond donors (Lipinski definition) is 1. The van der Waals surface area contributed by atoms with Gasteiger partial charge in [-0.2, -0.15) is 0 Å². The first-order chi connectivity index (χ1) is 11.6. The molecule has 0 saturated carbocycles. The Morgan fingerprint density at radius 2 is 2.00 bits per heavy atom. The molecule has 1 amide bonds. The molecule has 0 aliphatic rings. The van der Waals surface area contributed by atoms with Gasteiger partial charge < -0.3 is 10.1 Å². The van der Waals surface area contributed by atoms with Gasteiger partial charge in [-0.25, -0.2) is 4.98 Å². The van der Waals surface area contributed by atoms with E-state index < -0.39 is 0 Å². The minimum absolute atomic E-state index is 0.00418. The van der Waals surface area contributed by atoms with Crippen LogP contribution >= 0.6 is 0 Å². The van der Waals surface area contributed by atoms with Gasteiger partial charge in [-0.3, -0.25) is 14.2 Å². The third-order valence-corrected chi connectivity index (χ3v) is 3.49. The zero-order chi connectivity index (χ0) is 17.4. The maximum atomic E-state index is 12.2. The van der Waals surface area contributed by atoms with Crippen molar-refractivity contribution < 1.29 is 9.53 Å². The van der Waals surface area contributed by atoms with Gasteiger partial charge in [0.05, 0.1) is 18.6 Å². The highest BCUT2D eigenvalue weighted by Gasteiger charge is 2.04. The molecule has 1 heterocycles. The van der Waals surface area contributed by atoms with Crippen LogP contribution in [-0.2, 0) is 11.3 Å². The Kier molecular flexibility index (Phi) is 6.54. The molecule has 24 heavy (non-hydrogen) atoms. The number of benzene rings is 1. The Hall–Kier alpha value is -2.63. The van der Waals surface area contributed by atoms with Crippen LogP contribution in [0.5, 0.6) is 5.75 Å². The summed E-state index contributed by atoms with van der Waals surface area (Å²) in [6.45, 7) is 5.32. The summed E-state index contributed by atoms with van der Waals surface area (Å²) in [7, 11) is 0. The van der Waals surface area contributed by atoms with Gasteiger partial charge in [0.15, 0.2) is 0 Å². The summed E-state index contributed by atoms with van der Waals surface area (Å²) in [5.74, 6) is 0.793. The number of carbonyl (C=O) groups excluding carboxylic acids is 1. The first-order valence-electron chi connectivity index (χ1n) is 8.20. The molecular formula is C18H23N3O3. The van der Waals surface area contributed by atoms with Crippen LogP contribution in [0.2, 0.25) is 0 Å². The minimum Gasteiger partial charge on any atom is -0.494 e. The molecule has 6 nitrogen and oxygen atoms in total. The predicted molar refractivity (Wildman–Crippen MR) is 93.0 cm³/mol. The second-order valence-corrected chi connectivity index (χ2v) is 5.36. The van der Waals surface area contributed by atoms with E-state index in [0.717, 1.165) is 17.7 Å². The molecule has 1 N–H and O–H groups in total. The summed E-state index contributed by atoms with van der Waals surface area (Å²) in [5.41, 5.74) is 1.34. The lowest BCUT2D eigenvalue weighted by Gasteiger charge is -2.08. The Morgan fingerprint density at radius 3 is 2.62 bits per heavy atom. The molecule has 6 heteroatoms. The molecule has 0 saturated heterocycles. The SMILES string of the molecule is CCCC(=O)NCCn1cnc(-c2ccc(OCC)cc2)cc1=O. The number of carbonyl (C=O) groups is 1. The van der Waals surface area contributed by atoms with Crippen LogP contribution in [0.15, 0.2) is 41.5 Å². The van der Waals surface area contributed by atoms with Gasteiger partial charge in [-0.05, 0) is 37.6 Å². The highest BCUT2D eigenvalue weighted by atomic mass is 16.5. The summed E-state index contributed by atoms with van der Waals surface area (Å²) < 4.78 is 6.89. The van der Waals surface area contributed by atoms with E-state index >= 15 is 0 Å². The summed E-state index contributed by atoms with van der Waals surface area (Å²) >= 11 is 0. The zero-order valence-electron chi connectivity index (χ0n) is 14.1. The molecule has 0 aliphatic heterocycles. The Balaban J connectivity index is 2.01. The van der Waals surface area contributed by atoms with Gasteiger partial charge in [0.2, 0.25) is 5.91 Å². The quantitative estimate of drug-likeness (QED) is 0.806. The number of nitrogens with zero attached hydrogens (tertiary/aromatic N) is 2. The lowest BCUT2D eigenvalue weighted by molar-refractivity contribution is -0.121. The molecule has 0 unspecified atom stereocenters. The molecule has 128 valence electrons. The number of nitrogens with one attached hydrogen (secondary N) is 1. The van der Waals surface area contributed by atoms with Crippen molar-refractivity contribution in [3.63, 3.8) is 0 Å². The van der Waals surface area contributed by atoms with Gasteiger partial charge in [0, 0.05) is 31.1 Å². The van der Waals surface area contributed by atoms with E-state index in [-0.39, 0.29) is 11.5 Å². The molecule has 0 atom stereocenters. The van der Waals surface area contributed by atoms with Crippen molar-refractivity contribution in [2.75, 3.05) is 13.2 Å². The van der Waals surface area contributed by atoms with Crippen LogP contribution in [0, 0.1) is 0 Å². The first-order valence-corrected chi connectivity index (χ1v) is 8.20. The second kappa shape index (κ2) is 8.86. The molecule has 1 aromatic carbocycles. The average Bonchev–Trinajstić information content (AvgIpc) is 2.57. The summed E-state index contributed by atoms with van der Waals surface area (Å²) in [4.78, 5) is 27.9. The normalized spacial score (nSPS) is 10.4. The van der Waals surface area contributed by atoms with Gasteiger partial charge >= 0.3 is 0 Å². The van der Waals surface area contributed by atoms with Crippen molar-refractivity contribution in [1.29, 1.82) is 0 Å². The minimum atomic E-state index is -0.140. The molecule has 2 aromatic rings. The highest BCUT2D eigenvalue weighted by molar-refractivity contribution is 5.75. The molecule has 0 fully saturated rings. The fraction of sp³-hybridized carbons (Fsp3) is 0.389. The van der Waals surface area contributed by atoms with Gasteiger partial charge in [0.25, 0.3) is 5.56 Å². The maximum absolute atomic E-state index is 12.2. The van der Waals surface area contributed by atoms with E-state index in [2.05, 4.69) is 10.3 Å². The standard InChI is InChI=1S/C18H23N3O3/c1-3-5-17(22)19-10-11-21-13-20-16(12-18(21)23)14-6-8-15(9-7-14)24-4-2/h6-9,12-13H,3-5,10-11H2,1-2H3,(H,19,22). The van der Waals surface area contributed by atoms with Crippen molar-refractivity contribution in [3.8, 4) is 17.0 Å². The summed E-state index contributed by atoms with van der Waals surface area (Å²) in [6, 6.07) is 8.97. The van der Waals surface area contributed by atoms with Gasteiger partial charge in [-0.1, -0.05) is 6.92 Å². The molecule has 1 aromatic heterocycles. The molecule has 0 radical (unpaired) electrons. The number of rotatable bonds is 8. The molecule has 0 bridgehead atoms.